The average molecular weight is 243 g/mol. The maximum Gasteiger partial charge on any atom is 0.0938 e. The van der Waals surface area contributed by atoms with Gasteiger partial charge in [-0.1, -0.05) is 17.7 Å². The minimum absolute atomic E-state index is 0.475. The van der Waals surface area contributed by atoms with Gasteiger partial charge >= 0.3 is 0 Å². The molecule has 0 saturated carbocycles. The molecule has 88 valence electrons. The first-order valence-corrected chi connectivity index (χ1v) is 5.56. The number of likely N-dealkylation sites (tertiary alicyclic amines) is 1. The van der Waals surface area contributed by atoms with Crippen molar-refractivity contribution >= 4 is 17.3 Å². The Morgan fingerprint density at radius 1 is 1.31 bits per heavy atom. The van der Waals surface area contributed by atoms with Gasteiger partial charge in [0, 0.05) is 30.3 Å². The van der Waals surface area contributed by atoms with Crippen LogP contribution in [-0.2, 0) is 6.54 Å². The Morgan fingerprint density at radius 2 is 1.94 bits per heavy atom. The number of β-amino-alcohol motifs (C(OH)–C–C–N with tert-alkyl or cyclic N) is 2. The summed E-state index contributed by atoms with van der Waals surface area (Å²) >= 11 is 5.81. The van der Waals surface area contributed by atoms with Gasteiger partial charge in [-0.15, -0.1) is 0 Å². The highest BCUT2D eigenvalue weighted by molar-refractivity contribution is 6.30. The Bertz CT molecular complexity index is 376. The monoisotopic (exact) mass is 242 g/mol. The fourth-order valence-electron chi connectivity index (χ4n) is 1.93. The van der Waals surface area contributed by atoms with Crippen LogP contribution >= 0.6 is 11.6 Å². The molecular weight excluding hydrogens is 228 g/mol. The number of benzene rings is 1. The summed E-state index contributed by atoms with van der Waals surface area (Å²) in [6, 6.07) is 5.37. The third-order valence-corrected chi connectivity index (χ3v) is 3.07. The summed E-state index contributed by atoms with van der Waals surface area (Å²) in [5.74, 6) is 0. The Hall–Kier alpha value is -0.810. The third-order valence-electron chi connectivity index (χ3n) is 2.84. The van der Waals surface area contributed by atoms with Gasteiger partial charge in [0.25, 0.3) is 0 Å². The first-order valence-electron chi connectivity index (χ1n) is 5.18. The Morgan fingerprint density at radius 3 is 2.50 bits per heavy atom. The van der Waals surface area contributed by atoms with Crippen molar-refractivity contribution in [2.75, 3.05) is 18.8 Å². The van der Waals surface area contributed by atoms with E-state index in [-0.39, 0.29) is 0 Å². The van der Waals surface area contributed by atoms with Crippen molar-refractivity contribution in [1.82, 2.24) is 4.90 Å². The predicted octanol–water partition coefficient (Wildman–Crippen LogP) is 0.460. The van der Waals surface area contributed by atoms with Crippen molar-refractivity contribution in [3.8, 4) is 0 Å². The van der Waals surface area contributed by atoms with Crippen molar-refractivity contribution in [3.05, 3.63) is 28.8 Å². The van der Waals surface area contributed by atoms with E-state index in [1.807, 2.05) is 11.0 Å². The molecule has 0 bridgehead atoms. The number of aliphatic hydroxyl groups is 2. The van der Waals surface area contributed by atoms with E-state index < -0.39 is 12.2 Å². The summed E-state index contributed by atoms with van der Waals surface area (Å²) in [4.78, 5) is 1.97. The molecule has 1 saturated heterocycles. The Kier molecular flexibility index (Phi) is 3.35. The van der Waals surface area contributed by atoms with Crippen LogP contribution in [0.1, 0.15) is 5.56 Å². The number of hydrogen-bond acceptors (Lipinski definition) is 4. The molecule has 0 aromatic heterocycles. The number of hydrogen-bond donors (Lipinski definition) is 3. The van der Waals surface area contributed by atoms with Crippen LogP contribution in [-0.4, -0.2) is 40.4 Å². The van der Waals surface area contributed by atoms with Gasteiger partial charge < -0.3 is 15.9 Å². The quantitative estimate of drug-likeness (QED) is 0.659. The van der Waals surface area contributed by atoms with Crippen LogP contribution in [0.5, 0.6) is 0 Å². The molecule has 0 spiro atoms. The maximum absolute atomic E-state index is 9.42. The van der Waals surface area contributed by atoms with Gasteiger partial charge in [0.15, 0.2) is 0 Å². The Balaban J connectivity index is 2.05. The van der Waals surface area contributed by atoms with Crippen molar-refractivity contribution in [1.29, 1.82) is 0 Å². The summed E-state index contributed by atoms with van der Waals surface area (Å²) in [7, 11) is 0. The summed E-state index contributed by atoms with van der Waals surface area (Å²) < 4.78 is 0. The highest BCUT2D eigenvalue weighted by Crippen LogP contribution is 2.21. The summed E-state index contributed by atoms with van der Waals surface area (Å²) in [6.45, 7) is 1.57. The van der Waals surface area contributed by atoms with Crippen molar-refractivity contribution in [2.24, 2.45) is 0 Å². The molecule has 1 fully saturated rings. The molecule has 0 aliphatic carbocycles. The second-order valence-corrected chi connectivity index (χ2v) is 4.61. The van der Waals surface area contributed by atoms with Crippen molar-refractivity contribution < 1.29 is 10.2 Å². The second-order valence-electron chi connectivity index (χ2n) is 4.17. The van der Waals surface area contributed by atoms with Crippen LogP contribution in [0, 0.1) is 0 Å². The van der Waals surface area contributed by atoms with E-state index in [2.05, 4.69) is 0 Å². The lowest BCUT2D eigenvalue weighted by molar-refractivity contribution is 0.0572. The van der Waals surface area contributed by atoms with Gasteiger partial charge in [0.05, 0.1) is 12.2 Å². The number of nitrogens with zero attached hydrogens (tertiary/aromatic N) is 1. The van der Waals surface area contributed by atoms with Crippen LogP contribution in [0.4, 0.5) is 5.69 Å². The third kappa shape index (κ3) is 2.47. The lowest BCUT2D eigenvalue weighted by atomic mass is 10.2. The molecule has 4 N–H and O–H groups in total. The van der Waals surface area contributed by atoms with E-state index in [1.54, 1.807) is 12.1 Å². The maximum atomic E-state index is 9.42. The van der Waals surface area contributed by atoms with Gasteiger partial charge in [-0.25, -0.2) is 0 Å². The van der Waals surface area contributed by atoms with Gasteiger partial charge in [-0.05, 0) is 17.7 Å². The minimum Gasteiger partial charge on any atom is -0.398 e. The second kappa shape index (κ2) is 4.59. The molecule has 2 atom stereocenters. The molecule has 1 aliphatic heterocycles. The molecule has 1 aliphatic rings. The molecule has 1 aromatic rings. The molecule has 1 aromatic carbocycles. The fraction of sp³-hybridized carbons (Fsp3) is 0.455. The number of nitrogen functional groups attached to an aromatic ring is 1. The van der Waals surface area contributed by atoms with Crippen LogP contribution in [0.15, 0.2) is 18.2 Å². The molecule has 2 rings (SSSR count). The van der Waals surface area contributed by atoms with Gasteiger partial charge in [0.2, 0.25) is 0 Å². The summed E-state index contributed by atoms with van der Waals surface area (Å²) in [5, 5.41) is 19.4. The van der Waals surface area contributed by atoms with E-state index in [1.165, 1.54) is 0 Å². The Labute approximate surface area is 99.2 Å². The highest BCUT2D eigenvalue weighted by Gasteiger charge is 2.29. The standard InChI is InChI=1S/C11H15ClN2O2/c12-8-2-1-7(9(13)3-8)4-14-5-10(15)11(16)6-14/h1-3,10-11,15-16H,4-6,13H2. The van der Waals surface area contributed by atoms with E-state index >= 15 is 0 Å². The molecule has 5 heteroatoms. The van der Waals surface area contributed by atoms with Crippen molar-refractivity contribution in [3.63, 3.8) is 0 Å². The normalized spacial score (nSPS) is 26.2. The zero-order valence-corrected chi connectivity index (χ0v) is 9.56. The average Bonchev–Trinajstić information content (AvgIpc) is 2.51. The fourth-order valence-corrected chi connectivity index (χ4v) is 2.11. The lowest BCUT2D eigenvalue weighted by Gasteiger charge is -2.16. The van der Waals surface area contributed by atoms with Gasteiger partial charge in [-0.2, -0.15) is 0 Å². The number of rotatable bonds is 2. The molecular formula is C11H15ClN2O2. The summed E-state index contributed by atoms with van der Waals surface area (Å²) in [6.07, 6.45) is -1.32. The summed E-state index contributed by atoms with van der Waals surface area (Å²) in [5.41, 5.74) is 7.44. The van der Waals surface area contributed by atoms with Crippen LogP contribution in [0.2, 0.25) is 5.02 Å². The molecule has 4 nitrogen and oxygen atoms in total. The van der Waals surface area contributed by atoms with Crippen molar-refractivity contribution in [2.45, 2.75) is 18.8 Å². The highest BCUT2D eigenvalue weighted by atomic mass is 35.5. The smallest absolute Gasteiger partial charge is 0.0938 e. The molecule has 2 unspecified atom stereocenters. The zero-order valence-electron chi connectivity index (χ0n) is 8.81. The number of aliphatic hydroxyl groups excluding tert-OH is 2. The molecule has 16 heavy (non-hydrogen) atoms. The van der Waals surface area contributed by atoms with Crippen LogP contribution < -0.4 is 5.73 Å². The minimum atomic E-state index is -0.659. The molecule has 0 radical (unpaired) electrons. The van der Waals surface area contributed by atoms with Gasteiger partial charge in [-0.3, -0.25) is 4.90 Å². The SMILES string of the molecule is Nc1cc(Cl)ccc1CN1CC(O)C(O)C1. The van der Waals surface area contributed by atoms with E-state index in [0.717, 1.165) is 5.56 Å². The largest absolute Gasteiger partial charge is 0.398 e. The van der Waals surface area contributed by atoms with E-state index in [9.17, 15) is 10.2 Å². The molecule has 1 heterocycles. The predicted molar refractivity (Wildman–Crippen MR) is 63.2 cm³/mol. The number of halogens is 1. The first-order chi connectivity index (χ1) is 7.56. The van der Waals surface area contributed by atoms with Crippen LogP contribution in [0.3, 0.4) is 0 Å². The van der Waals surface area contributed by atoms with Crippen LogP contribution in [0.25, 0.3) is 0 Å². The lowest BCUT2D eigenvalue weighted by Crippen LogP contribution is -2.22. The molecule has 0 amide bonds. The van der Waals surface area contributed by atoms with Gasteiger partial charge in [0.1, 0.15) is 0 Å². The first kappa shape index (κ1) is 11.7. The number of anilines is 1. The van der Waals surface area contributed by atoms with E-state index in [4.69, 9.17) is 17.3 Å². The zero-order chi connectivity index (χ0) is 11.7. The van der Waals surface area contributed by atoms with E-state index in [0.29, 0.717) is 30.3 Å². The topological polar surface area (TPSA) is 69.7 Å². The number of nitrogens with two attached hydrogens (primary N) is 1.